The molecule has 0 spiro atoms. The number of carbonyl (C=O) groups is 5. The Hall–Kier alpha value is -5.43. The Morgan fingerprint density at radius 3 is 2.28 bits per heavy atom. The van der Waals surface area contributed by atoms with Crippen LogP contribution in [0.2, 0.25) is 0 Å². The van der Waals surface area contributed by atoms with Crippen molar-refractivity contribution in [2.24, 2.45) is 0 Å². The third kappa shape index (κ3) is 5.63. The van der Waals surface area contributed by atoms with Crippen LogP contribution in [-0.4, -0.2) is 99.2 Å². The van der Waals surface area contributed by atoms with E-state index < -0.39 is 29.6 Å². The molecular weight excluding hydrogens is 602 g/mol. The number of benzene rings is 2. The van der Waals surface area contributed by atoms with Gasteiger partial charge in [0, 0.05) is 80.0 Å². The minimum atomic E-state index is -0.727. The lowest BCUT2D eigenvalue weighted by Crippen LogP contribution is -2.45. The van der Waals surface area contributed by atoms with Crippen molar-refractivity contribution in [3.63, 3.8) is 0 Å². The molecule has 0 bridgehead atoms. The first-order chi connectivity index (χ1) is 22.8. The number of aromatic amines is 1. The number of rotatable bonds is 9. The normalized spacial score (nSPS) is 17.7. The van der Waals surface area contributed by atoms with E-state index >= 15 is 0 Å². The second-order valence-electron chi connectivity index (χ2n) is 11.9. The maximum absolute atomic E-state index is 14.3. The van der Waals surface area contributed by atoms with Crippen molar-refractivity contribution in [1.82, 2.24) is 29.8 Å². The molecule has 0 radical (unpaired) electrons. The van der Waals surface area contributed by atoms with Gasteiger partial charge in [-0.1, -0.05) is 36.4 Å². The molecule has 3 aliphatic heterocycles. The lowest BCUT2D eigenvalue weighted by atomic mass is 9.97. The van der Waals surface area contributed by atoms with Crippen LogP contribution in [0, 0.1) is 0 Å². The average Bonchev–Trinajstić information content (AvgIpc) is 3.72. The monoisotopic (exact) mass is 635 g/mol. The minimum Gasteiger partial charge on any atom is -0.361 e. The molecule has 0 saturated carbocycles. The molecule has 4 aromatic rings. The zero-order valence-electron chi connectivity index (χ0n) is 25.9. The van der Waals surface area contributed by atoms with Crippen LogP contribution in [0.15, 0.2) is 54.7 Å². The summed E-state index contributed by atoms with van der Waals surface area (Å²) in [5.74, 6) is -2.24. The molecule has 47 heavy (non-hydrogen) atoms. The van der Waals surface area contributed by atoms with Crippen molar-refractivity contribution in [2.75, 3.05) is 44.7 Å². The molecule has 4 amide bonds. The lowest BCUT2D eigenvalue weighted by molar-refractivity contribution is -0.197. The van der Waals surface area contributed by atoms with Crippen molar-refractivity contribution in [3.8, 4) is 0 Å². The van der Waals surface area contributed by atoms with Gasteiger partial charge in [-0.15, -0.1) is 5.06 Å². The summed E-state index contributed by atoms with van der Waals surface area (Å²) in [5, 5.41) is 1.98. The van der Waals surface area contributed by atoms with Gasteiger partial charge in [-0.3, -0.25) is 24.1 Å². The maximum Gasteiger partial charge on any atom is 0.333 e. The van der Waals surface area contributed by atoms with Gasteiger partial charge < -0.3 is 19.6 Å². The molecular formula is C34H33N7O6. The predicted octanol–water partition coefficient (Wildman–Crippen LogP) is 2.92. The van der Waals surface area contributed by atoms with Gasteiger partial charge in [-0.05, 0) is 32.0 Å². The predicted molar refractivity (Wildman–Crippen MR) is 172 cm³/mol. The summed E-state index contributed by atoms with van der Waals surface area (Å²) < 4.78 is 0. The summed E-state index contributed by atoms with van der Waals surface area (Å²) in [6, 6.07) is 15.1. The fraction of sp³-hybridized carbons (Fsp3) is 0.324. The van der Waals surface area contributed by atoms with E-state index in [1.807, 2.05) is 48.5 Å². The van der Waals surface area contributed by atoms with E-state index in [9.17, 15) is 24.0 Å². The topological polar surface area (TPSA) is 149 Å². The molecule has 2 aromatic carbocycles. The molecule has 5 heterocycles. The van der Waals surface area contributed by atoms with Gasteiger partial charge in [0.1, 0.15) is 0 Å². The van der Waals surface area contributed by atoms with Gasteiger partial charge in [-0.2, -0.15) is 0 Å². The van der Waals surface area contributed by atoms with E-state index in [0.29, 0.717) is 39.6 Å². The van der Waals surface area contributed by atoms with E-state index in [0.717, 1.165) is 37.1 Å². The molecule has 1 N–H and O–H groups in total. The number of aromatic nitrogens is 3. The molecule has 0 unspecified atom stereocenters. The highest BCUT2D eigenvalue weighted by Crippen LogP contribution is 2.40. The number of hydrogen-bond donors (Lipinski definition) is 1. The third-order valence-corrected chi connectivity index (χ3v) is 8.85. The quantitative estimate of drug-likeness (QED) is 0.215. The Morgan fingerprint density at radius 2 is 1.51 bits per heavy atom. The number of para-hydroxylation sites is 2. The average molecular weight is 636 g/mol. The summed E-state index contributed by atoms with van der Waals surface area (Å²) in [6.45, 7) is 3.20. The van der Waals surface area contributed by atoms with E-state index in [1.54, 1.807) is 6.20 Å². The van der Waals surface area contributed by atoms with Crippen LogP contribution < -0.4 is 4.90 Å². The second kappa shape index (κ2) is 12.4. The van der Waals surface area contributed by atoms with E-state index in [1.165, 1.54) is 4.90 Å². The molecule has 3 aliphatic rings. The maximum atomic E-state index is 14.3. The molecule has 240 valence electrons. The Morgan fingerprint density at radius 1 is 0.830 bits per heavy atom. The first-order valence-corrected chi connectivity index (χ1v) is 15.7. The number of nitrogens with one attached hydrogen (secondary N) is 1. The Bertz CT molecular complexity index is 1960. The highest BCUT2D eigenvalue weighted by molar-refractivity contribution is 6.50. The summed E-state index contributed by atoms with van der Waals surface area (Å²) in [5.41, 5.74) is 2.96. The standard InChI is InChI=1S/C34H33N7O6/c1-38-16-18-39(19-17-38)34-36-25-11-5-3-9-22(25)31(37-34)30-29(23-20-35-24-10-4-2-8-21(23)24)32(45)40(33(30)46)15-7-6-12-28(44)47-41-26(42)13-14-27(41)43/h2-5,8-11,20,35H,6-7,12-19H2,1H3. The highest BCUT2D eigenvalue weighted by atomic mass is 16.7. The number of fused-ring (bicyclic) bond motifs is 2. The van der Waals surface area contributed by atoms with Crippen molar-refractivity contribution >= 4 is 68.5 Å². The zero-order chi connectivity index (χ0) is 32.7. The molecule has 0 atom stereocenters. The minimum absolute atomic E-state index is 0.0118. The summed E-state index contributed by atoms with van der Waals surface area (Å²) >= 11 is 0. The zero-order valence-corrected chi connectivity index (χ0v) is 25.9. The van der Waals surface area contributed by atoms with Crippen molar-refractivity contribution in [1.29, 1.82) is 0 Å². The Balaban J connectivity index is 1.21. The summed E-state index contributed by atoms with van der Waals surface area (Å²) in [6.07, 6.45) is 2.26. The summed E-state index contributed by atoms with van der Waals surface area (Å²) in [7, 11) is 2.07. The van der Waals surface area contributed by atoms with Crippen LogP contribution in [0.3, 0.4) is 0 Å². The van der Waals surface area contributed by atoms with Crippen molar-refractivity contribution in [3.05, 3.63) is 66.0 Å². The first-order valence-electron chi connectivity index (χ1n) is 15.7. The molecule has 2 saturated heterocycles. The Labute approximate surface area is 269 Å². The number of carbonyl (C=O) groups excluding carboxylic acids is 5. The number of piperazine rings is 1. The van der Waals surface area contributed by atoms with Gasteiger partial charge in [-0.25, -0.2) is 14.8 Å². The largest absolute Gasteiger partial charge is 0.361 e. The second-order valence-corrected chi connectivity index (χ2v) is 11.9. The number of likely N-dealkylation sites (N-methyl/N-ethyl adjacent to an activating group) is 1. The molecule has 0 aliphatic carbocycles. The molecule has 13 nitrogen and oxygen atoms in total. The van der Waals surface area contributed by atoms with Gasteiger partial charge in [0.05, 0.1) is 22.4 Å². The number of imide groups is 2. The van der Waals surface area contributed by atoms with Gasteiger partial charge >= 0.3 is 5.97 Å². The number of H-pyrrole nitrogens is 1. The molecule has 13 heteroatoms. The van der Waals surface area contributed by atoms with Crippen molar-refractivity contribution in [2.45, 2.75) is 32.1 Å². The fourth-order valence-electron chi connectivity index (χ4n) is 6.27. The molecule has 2 aromatic heterocycles. The van der Waals surface area contributed by atoms with Crippen LogP contribution in [0.4, 0.5) is 5.95 Å². The SMILES string of the molecule is CN1CCN(c2nc(C3=C(c4c[nH]c5ccccc45)C(=O)N(CCCCC(=O)ON4C(=O)CCC4=O)C3=O)c3ccccc3n2)CC1. The smallest absolute Gasteiger partial charge is 0.333 e. The third-order valence-electron chi connectivity index (χ3n) is 8.85. The van der Waals surface area contributed by atoms with Crippen LogP contribution >= 0.6 is 0 Å². The first kappa shape index (κ1) is 30.2. The number of hydroxylamine groups is 2. The molecule has 7 rings (SSSR count). The number of amides is 4. The fourth-order valence-corrected chi connectivity index (χ4v) is 6.27. The van der Waals surface area contributed by atoms with Gasteiger partial charge in [0.25, 0.3) is 23.6 Å². The number of nitrogens with zero attached hydrogens (tertiary/aromatic N) is 6. The van der Waals surface area contributed by atoms with E-state index in [-0.39, 0.29) is 43.4 Å². The highest BCUT2D eigenvalue weighted by Gasteiger charge is 2.42. The number of anilines is 1. The summed E-state index contributed by atoms with van der Waals surface area (Å²) in [4.78, 5) is 88.0. The number of hydrogen-bond acceptors (Lipinski definition) is 10. The van der Waals surface area contributed by atoms with Crippen LogP contribution in [-0.2, 0) is 28.8 Å². The van der Waals surface area contributed by atoms with Crippen molar-refractivity contribution < 1.29 is 28.8 Å². The van der Waals surface area contributed by atoms with Crippen LogP contribution in [0.5, 0.6) is 0 Å². The van der Waals surface area contributed by atoms with Gasteiger partial charge in [0.15, 0.2) is 0 Å². The van der Waals surface area contributed by atoms with Crippen LogP contribution in [0.1, 0.15) is 43.4 Å². The van der Waals surface area contributed by atoms with Gasteiger partial charge in [0.2, 0.25) is 5.95 Å². The van der Waals surface area contributed by atoms with E-state index in [4.69, 9.17) is 14.8 Å². The van der Waals surface area contributed by atoms with Crippen LogP contribution in [0.25, 0.3) is 33.0 Å². The number of unbranched alkanes of at least 4 members (excludes halogenated alkanes) is 1. The van der Waals surface area contributed by atoms with E-state index in [2.05, 4.69) is 21.8 Å². The molecule has 2 fully saturated rings. The lowest BCUT2D eigenvalue weighted by Gasteiger charge is -2.32. The Kier molecular flexibility index (Phi) is 7.98.